The molecule has 292 valence electrons. The summed E-state index contributed by atoms with van der Waals surface area (Å²) in [4.78, 5) is 38.6. The maximum absolute atomic E-state index is 13.3. The van der Waals surface area contributed by atoms with Gasteiger partial charge in [-0.3, -0.25) is 14.3 Å². The second kappa shape index (κ2) is 18.5. The minimum atomic E-state index is -5.08. The van der Waals surface area contributed by atoms with Crippen LogP contribution in [0.15, 0.2) is 90.0 Å². The van der Waals surface area contributed by atoms with Crippen molar-refractivity contribution in [3.63, 3.8) is 0 Å². The summed E-state index contributed by atoms with van der Waals surface area (Å²) in [7, 11) is -4.18. The number of rotatable bonds is 15. The molecule has 5 rings (SSSR count). The van der Waals surface area contributed by atoms with Crippen molar-refractivity contribution < 1.29 is 46.2 Å². The smallest absolute Gasteiger partial charge is 0.480 e. The van der Waals surface area contributed by atoms with Gasteiger partial charge in [0.1, 0.15) is 11.9 Å². The third kappa shape index (κ3) is 11.8. The number of carboxylic acids is 2. The van der Waals surface area contributed by atoms with Gasteiger partial charge in [-0.25, -0.2) is 18.2 Å². The minimum absolute atomic E-state index is 0.0312. The molecule has 0 spiro atoms. The Hall–Kier alpha value is -5.81. The van der Waals surface area contributed by atoms with Crippen LogP contribution in [0.5, 0.6) is 0 Å². The van der Waals surface area contributed by atoms with E-state index in [4.69, 9.17) is 15.0 Å². The first-order valence-corrected chi connectivity index (χ1v) is 18.5. The van der Waals surface area contributed by atoms with Crippen molar-refractivity contribution in [2.24, 2.45) is 0 Å². The highest BCUT2D eigenvalue weighted by molar-refractivity contribution is 7.89. The molecular formula is C38H41F3N6O7S. The average Bonchev–Trinajstić information content (AvgIpc) is 3.47. The highest BCUT2D eigenvalue weighted by atomic mass is 32.2. The van der Waals surface area contributed by atoms with Gasteiger partial charge in [0.2, 0.25) is 10.0 Å². The molecule has 0 aliphatic carbocycles. The Kier molecular flexibility index (Phi) is 14.1. The second-order valence-electron chi connectivity index (χ2n) is 12.6. The van der Waals surface area contributed by atoms with Gasteiger partial charge in [-0.1, -0.05) is 54.1 Å². The number of hydrogen-bond donors (Lipinski definition) is 5. The molecule has 5 N–H and O–H groups in total. The maximum Gasteiger partial charge on any atom is 0.490 e. The number of hydrogen-bond acceptors (Lipinski definition) is 8. The van der Waals surface area contributed by atoms with Crippen LogP contribution in [0.25, 0.3) is 10.9 Å². The average molecular weight is 783 g/mol. The number of amides is 1. The number of aryl methyl sites for hydroxylation is 6. The molecule has 17 heteroatoms. The predicted octanol–water partition coefficient (Wildman–Crippen LogP) is 5.44. The number of aliphatic carboxylic acids is 2. The van der Waals surface area contributed by atoms with Crippen LogP contribution in [0.4, 0.5) is 19.0 Å². The molecular weight excluding hydrogens is 742 g/mol. The van der Waals surface area contributed by atoms with E-state index >= 15 is 0 Å². The molecule has 1 atom stereocenters. The molecule has 5 aromatic rings. The molecule has 2 aromatic heterocycles. The molecule has 2 heterocycles. The van der Waals surface area contributed by atoms with Crippen LogP contribution in [0.3, 0.4) is 0 Å². The number of anilines is 1. The van der Waals surface area contributed by atoms with Crippen LogP contribution in [0, 0.1) is 20.8 Å². The quantitative estimate of drug-likeness (QED) is 0.0855. The fraction of sp³-hybridized carbons (Fsp3) is 0.289. The Bertz CT molecular complexity index is 2210. The summed E-state index contributed by atoms with van der Waals surface area (Å²) in [5.41, 5.74) is 5.14. The standard InChI is InChI=1S/C36H40N6O5S.C2HF3O2/c1-24-20-25(2)34(26(3)21-24)48(46,47)41-31(36(44)45)23-39-35(43)28-14-16-32-29(22-28)30(15-13-27-10-5-4-6-11-27)40-42(32)19-9-18-38-33-12-7-8-17-37-33;3-2(4,5)1(6)7/h4-8,10-12,14,16-17,20-22,31,41H,9,13,15,18-19,23H2,1-3H3,(H,37,38)(H,39,43)(H,44,45);(H,6,7)/t31-;/m0./s1. The number of alkyl halides is 3. The molecule has 3 aromatic carbocycles. The summed E-state index contributed by atoms with van der Waals surface area (Å²) in [5, 5.41) is 28.6. The Morgan fingerprint density at radius 2 is 1.55 bits per heavy atom. The van der Waals surface area contributed by atoms with E-state index in [2.05, 4.69) is 32.5 Å². The van der Waals surface area contributed by atoms with Crippen molar-refractivity contribution in [1.29, 1.82) is 0 Å². The largest absolute Gasteiger partial charge is 0.490 e. The topological polar surface area (TPSA) is 193 Å². The van der Waals surface area contributed by atoms with Crippen LogP contribution in [-0.2, 0) is 39.0 Å². The lowest BCUT2D eigenvalue weighted by Crippen LogP contribution is -2.48. The fourth-order valence-corrected chi connectivity index (χ4v) is 7.52. The number of nitrogens with one attached hydrogen (secondary N) is 3. The Labute approximate surface area is 315 Å². The van der Waals surface area contributed by atoms with Crippen molar-refractivity contribution in [3.8, 4) is 0 Å². The lowest BCUT2D eigenvalue weighted by Gasteiger charge is -2.18. The van der Waals surface area contributed by atoms with Gasteiger partial charge >= 0.3 is 18.1 Å². The van der Waals surface area contributed by atoms with E-state index < -0.39 is 46.6 Å². The highest BCUT2D eigenvalue weighted by Crippen LogP contribution is 2.24. The number of sulfonamides is 1. The zero-order valence-corrected chi connectivity index (χ0v) is 31.0. The molecule has 0 radical (unpaired) electrons. The first-order valence-electron chi connectivity index (χ1n) is 17.1. The van der Waals surface area contributed by atoms with Crippen molar-refractivity contribution in [2.45, 2.75) is 63.7 Å². The summed E-state index contributed by atoms with van der Waals surface area (Å²) >= 11 is 0. The van der Waals surface area contributed by atoms with Gasteiger partial charge in [-0.05, 0) is 87.1 Å². The summed E-state index contributed by atoms with van der Waals surface area (Å²) in [6.07, 6.45) is -1.12. The highest BCUT2D eigenvalue weighted by Gasteiger charge is 2.38. The van der Waals surface area contributed by atoms with E-state index in [9.17, 15) is 36.3 Å². The summed E-state index contributed by atoms with van der Waals surface area (Å²) in [6.45, 7) is 6.09. The number of aromatic nitrogens is 3. The van der Waals surface area contributed by atoms with E-state index in [0.717, 1.165) is 40.8 Å². The van der Waals surface area contributed by atoms with Gasteiger partial charge in [0.05, 0.1) is 16.1 Å². The van der Waals surface area contributed by atoms with Crippen LogP contribution in [0.2, 0.25) is 0 Å². The number of carboxylic acid groups (broad SMARTS) is 2. The molecule has 13 nitrogen and oxygen atoms in total. The van der Waals surface area contributed by atoms with Gasteiger partial charge in [0.25, 0.3) is 5.91 Å². The van der Waals surface area contributed by atoms with Crippen LogP contribution < -0.4 is 15.4 Å². The van der Waals surface area contributed by atoms with Crippen molar-refractivity contribution in [3.05, 3.63) is 119 Å². The van der Waals surface area contributed by atoms with E-state index in [1.54, 1.807) is 44.3 Å². The van der Waals surface area contributed by atoms with Crippen LogP contribution in [0.1, 0.15) is 44.7 Å². The van der Waals surface area contributed by atoms with Crippen LogP contribution in [-0.4, -0.2) is 76.5 Å². The van der Waals surface area contributed by atoms with Crippen molar-refractivity contribution in [1.82, 2.24) is 24.8 Å². The van der Waals surface area contributed by atoms with E-state index in [1.807, 2.05) is 54.1 Å². The monoisotopic (exact) mass is 782 g/mol. The first-order chi connectivity index (χ1) is 26.0. The SMILES string of the molecule is Cc1cc(C)c(S(=O)(=O)N[C@@H](CNC(=O)c2ccc3c(c2)c(CCc2ccccc2)nn3CCCNc2ccccn2)C(=O)O)c(C)c1.O=C(O)C(F)(F)F. The number of carbonyl (C=O) groups is 3. The molecule has 0 saturated carbocycles. The molecule has 0 bridgehead atoms. The molecule has 55 heavy (non-hydrogen) atoms. The van der Waals surface area contributed by atoms with Crippen molar-refractivity contribution in [2.75, 3.05) is 18.4 Å². The minimum Gasteiger partial charge on any atom is -0.480 e. The Balaban J connectivity index is 0.000000876. The van der Waals surface area contributed by atoms with Gasteiger partial charge in [0.15, 0.2) is 0 Å². The molecule has 0 aliphatic heterocycles. The van der Waals surface area contributed by atoms with Crippen molar-refractivity contribution >= 4 is 44.6 Å². The lowest BCUT2D eigenvalue weighted by atomic mass is 10.0. The third-order valence-corrected chi connectivity index (χ3v) is 10.1. The molecule has 0 fully saturated rings. The normalized spacial score (nSPS) is 12.0. The number of nitrogens with zero attached hydrogens (tertiary/aromatic N) is 3. The molecule has 0 unspecified atom stereocenters. The lowest BCUT2D eigenvalue weighted by molar-refractivity contribution is -0.192. The van der Waals surface area contributed by atoms with Gasteiger partial charge < -0.3 is 20.8 Å². The maximum atomic E-state index is 13.3. The van der Waals surface area contributed by atoms with E-state index in [-0.39, 0.29) is 4.90 Å². The van der Waals surface area contributed by atoms with E-state index in [1.165, 1.54) is 5.56 Å². The number of pyridine rings is 1. The van der Waals surface area contributed by atoms with E-state index in [0.29, 0.717) is 36.2 Å². The summed E-state index contributed by atoms with van der Waals surface area (Å²) in [6, 6.07) is 23.0. The number of halogens is 3. The number of fused-ring (bicyclic) bond motifs is 1. The fourth-order valence-electron chi connectivity index (χ4n) is 5.88. The van der Waals surface area contributed by atoms with Gasteiger partial charge in [-0.15, -0.1) is 0 Å². The van der Waals surface area contributed by atoms with Crippen LogP contribution >= 0.6 is 0 Å². The summed E-state index contributed by atoms with van der Waals surface area (Å²) in [5.74, 6) is -3.88. The third-order valence-electron chi connectivity index (χ3n) is 8.28. The Morgan fingerprint density at radius 3 is 2.15 bits per heavy atom. The number of carbonyl (C=O) groups excluding carboxylic acids is 1. The molecule has 0 saturated heterocycles. The second-order valence-corrected chi connectivity index (χ2v) is 14.3. The molecule has 1 amide bonds. The number of benzene rings is 3. The zero-order chi connectivity index (χ0) is 40.3. The summed E-state index contributed by atoms with van der Waals surface area (Å²) < 4.78 is 62.4. The predicted molar refractivity (Wildman–Crippen MR) is 199 cm³/mol. The zero-order valence-electron chi connectivity index (χ0n) is 30.2. The first kappa shape index (κ1) is 41.9. The molecule has 0 aliphatic rings. The van der Waals surface area contributed by atoms with Gasteiger partial charge in [0, 0.05) is 36.8 Å². The van der Waals surface area contributed by atoms with Gasteiger partial charge in [-0.2, -0.15) is 23.0 Å². The Morgan fingerprint density at radius 1 is 0.891 bits per heavy atom.